The molecule has 0 aromatic carbocycles. The van der Waals surface area contributed by atoms with Gasteiger partial charge in [-0.3, -0.25) is 4.79 Å². The zero-order valence-electron chi connectivity index (χ0n) is 13.1. The second-order valence-electron chi connectivity index (χ2n) is 6.48. The summed E-state index contributed by atoms with van der Waals surface area (Å²) in [5.41, 5.74) is 6.88. The molecule has 0 aliphatic heterocycles. The second kappa shape index (κ2) is 7.58. The van der Waals surface area contributed by atoms with Crippen LogP contribution in [-0.4, -0.2) is 23.1 Å². The van der Waals surface area contributed by atoms with E-state index in [2.05, 4.69) is 10.3 Å². The van der Waals surface area contributed by atoms with Crippen LogP contribution >= 0.6 is 23.7 Å². The predicted molar refractivity (Wildman–Crippen MR) is 89.5 cm³/mol. The van der Waals surface area contributed by atoms with Crippen LogP contribution < -0.4 is 11.1 Å². The first-order valence-corrected chi connectivity index (χ1v) is 8.76. The summed E-state index contributed by atoms with van der Waals surface area (Å²) in [7, 11) is 0. The molecular formula is C15H21ClF3N3OS. The topological polar surface area (TPSA) is 68.0 Å². The molecule has 3 atom stereocenters. The van der Waals surface area contributed by atoms with Gasteiger partial charge in [0.05, 0.1) is 11.6 Å². The van der Waals surface area contributed by atoms with Gasteiger partial charge in [-0.2, -0.15) is 13.2 Å². The highest BCUT2D eigenvalue weighted by atomic mass is 35.5. The molecule has 1 amide bonds. The van der Waals surface area contributed by atoms with Crippen molar-refractivity contribution in [2.45, 2.75) is 57.2 Å². The normalized spacial score (nSPS) is 27.1. The first-order valence-electron chi connectivity index (χ1n) is 7.94. The van der Waals surface area contributed by atoms with Crippen molar-refractivity contribution in [2.75, 3.05) is 5.32 Å². The van der Waals surface area contributed by atoms with Gasteiger partial charge in [-0.1, -0.05) is 6.42 Å². The van der Waals surface area contributed by atoms with E-state index in [1.54, 1.807) is 0 Å². The summed E-state index contributed by atoms with van der Waals surface area (Å²) in [5, 5.41) is 3.21. The van der Waals surface area contributed by atoms with Crippen LogP contribution in [0.5, 0.6) is 0 Å². The highest BCUT2D eigenvalue weighted by Crippen LogP contribution is 2.40. The number of nitrogens with one attached hydrogen (secondary N) is 1. The molecule has 2 unspecified atom stereocenters. The van der Waals surface area contributed by atoms with Crippen LogP contribution in [0.2, 0.25) is 0 Å². The largest absolute Gasteiger partial charge is 0.391 e. The predicted octanol–water partition coefficient (Wildman–Crippen LogP) is 3.69. The molecule has 2 aliphatic carbocycles. The Bertz CT molecular complexity index is 593. The van der Waals surface area contributed by atoms with Gasteiger partial charge in [0.25, 0.3) is 0 Å². The van der Waals surface area contributed by atoms with Crippen LogP contribution in [0.15, 0.2) is 0 Å². The lowest BCUT2D eigenvalue weighted by atomic mass is 9.80. The molecular weight excluding hydrogens is 363 g/mol. The maximum Gasteiger partial charge on any atom is 0.391 e. The van der Waals surface area contributed by atoms with E-state index in [0.29, 0.717) is 18.0 Å². The highest BCUT2D eigenvalue weighted by molar-refractivity contribution is 7.15. The Morgan fingerprint density at radius 1 is 1.29 bits per heavy atom. The Kier molecular flexibility index (Phi) is 6.14. The second-order valence-corrected chi connectivity index (χ2v) is 7.57. The van der Waals surface area contributed by atoms with E-state index in [9.17, 15) is 18.0 Å². The summed E-state index contributed by atoms with van der Waals surface area (Å²) < 4.78 is 38.5. The molecule has 24 heavy (non-hydrogen) atoms. The molecule has 1 heterocycles. The number of alkyl halides is 3. The number of thiazole rings is 1. The molecule has 1 aromatic rings. The van der Waals surface area contributed by atoms with E-state index in [1.165, 1.54) is 11.3 Å². The van der Waals surface area contributed by atoms with Crippen molar-refractivity contribution in [2.24, 2.45) is 17.6 Å². The van der Waals surface area contributed by atoms with Crippen LogP contribution in [0.1, 0.15) is 42.7 Å². The average Bonchev–Trinajstić information content (AvgIpc) is 2.87. The van der Waals surface area contributed by atoms with Gasteiger partial charge in [0.2, 0.25) is 5.91 Å². The lowest BCUT2D eigenvalue weighted by Gasteiger charge is -2.29. The Balaban J connectivity index is 0.00000208. The number of carbonyl (C=O) groups excluding carboxylic acids is 1. The minimum absolute atomic E-state index is 0. The molecule has 4 nitrogen and oxygen atoms in total. The highest BCUT2D eigenvalue weighted by Gasteiger charge is 2.43. The first-order chi connectivity index (χ1) is 10.8. The van der Waals surface area contributed by atoms with Crippen molar-refractivity contribution in [1.29, 1.82) is 0 Å². The maximum atomic E-state index is 12.8. The molecule has 1 aromatic heterocycles. The number of nitrogens with two attached hydrogens (primary N) is 1. The molecule has 0 radical (unpaired) electrons. The monoisotopic (exact) mass is 383 g/mol. The van der Waals surface area contributed by atoms with Crippen molar-refractivity contribution in [3.8, 4) is 0 Å². The molecule has 0 spiro atoms. The lowest BCUT2D eigenvalue weighted by Crippen LogP contribution is -2.34. The zero-order chi connectivity index (χ0) is 16.6. The van der Waals surface area contributed by atoms with Crippen molar-refractivity contribution < 1.29 is 18.0 Å². The van der Waals surface area contributed by atoms with Crippen molar-refractivity contribution in [1.82, 2.24) is 4.98 Å². The Morgan fingerprint density at radius 2 is 2.04 bits per heavy atom. The van der Waals surface area contributed by atoms with Crippen LogP contribution in [0, 0.1) is 11.8 Å². The van der Waals surface area contributed by atoms with E-state index in [4.69, 9.17) is 5.73 Å². The molecule has 0 bridgehead atoms. The quantitative estimate of drug-likeness (QED) is 0.818. The third kappa shape index (κ3) is 4.40. The van der Waals surface area contributed by atoms with Crippen LogP contribution in [0.25, 0.3) is 0 Å². The van der Waals surface area contributed by atoms with E-state index in [-0.39, 0.29) is 37.2 Å². The van der Waals surface area contributed by atoms with E-state index in [0.717, 1.165) is 29.8 Å². The fourth-order valence-electron chi connectivity index (χ4n) is 3.39. The smallest absolute Gasteiger partial charge is 0.327 e. The summed E-state index contributed by atoms with van der Waals surface area (Å²) >= 11 is 1.39. The van der Waals surface area contributed by atoms with Gasteiger partial charge in [-0.15, -0.1) is 23.7 Å². The molecule has 1 saturated carbocycles. The summed E-state index contributed by atoms with van der Waals surface area (Å²) in [4.78, 5) is 17.8. The van der Waals surface area contributed by atoms with E-state index < -0.39 is 18.0 Å². The molecule has 1 fully saturated rings. The Morgan fingerprint density at radius 3 is 2.75 bits per heavy atom. The summed E-state index contributed by atoms with van der Waals surface area (Å²) in [6.45, 7) is 0. The molecule has 3 rings (SSSR count). The lowest BCUT2D eigenvalue weighted by molar-refractivity contribution is -0.185. The first kappa shape index (κ1) is 19.5. The number of fused-ring (bicyclic) bond motifs is 1. The third-order valence-corrected chi connectivity index (χ3v) is 5.75. The summed E-state index contributed by atoms with van der Waals surface area (Å²) in [6.07, 6.45) is -0.845. The van der Waals surface area contributed by atoms with Crippen molar-refractivity contribution >= 4 is 34.8 Å². The van der Waals surface area contributed by atoms with Gasteiger partial charge in [0.15, 0.2) is 5.13 Å². The summed E-state index contributed by atoms with van der Waals surface area (Å²) in [5.74, 6) is -2.29. The molecule has 0 saturated heterocycles. The zero-order valence-corrected chi connectivity index (χ0v) is 14.7. The number of anilines is 1. The average molecular weight is 384 g/mol. The summed E-state index contributed by atoms with van der Waals surface area (Å²) in [6, 6.07) is 0.123. The number of rotatable bonds is 2. The van der Waals surface area contributed by atoms with Crippen molar-refractivity contribution in [3.05, 3.63) is 10.6 Å². The van der Waals surface area contributed by atoms with Crippen LogP contribution in [-0.2, 0) is 17.6 Å². The Labute approximate surface area is 148 Å². The fraction of sp³-hybridized carbons (Fsp3) is 0.733. The molecule has 9 heteroatoms. The van der Waals surface area contributed by atoms with E-state index >= 15 is 0 Å². The molecule has 136 valence electrons. The number of hydrogen-bond acceptors (Lipinski definition) is 4. The molecule has 2 aliphatic rings. The number of nitrogens with zero attached hydrogens (tertiary/aromatic N) is 1. The number of amides is 1. The minimum Gasteiger partial charge on any atom is -0.327 e. The van der Waals surface area contributed by atoms with Gasteiger partial charge in [-0.25, -0.2) is 4.98 Å². The number of hydrogen-bond donors (Lipinski definition) is 2. The van der Waals surface area contributed by atoms with Gasteiger partial charge in [0.1, 0.15) is 0 Å². The standard InChI is InChI=1S/C15H20F3N3OS.ClH/c16-15(17,18)9-3-1-2-8(6-9)13(22)21-14-20-11-5-4-10(19)7-12(11)23-14;/h8-10H,1-7,19H2,(H,20,21,22);1H/t8?,9?,10-;/m0./s1. The molecule has 3 N–H and O–H groups in total. The van der Waals surface area contributed by atoms with Gasteiger partial charge in [0, 0.05) is 16.8 Å². The SMILES string of the molecule is Cl.N[C@H]1CCc2nc(NC(=O)C3CCCC(C(F)(F)F)C3)sc2C1. The third-order valence-electron chi connectivity index (χ3n) is 4.72. The fourth-order valence-corrected chi connectivity index (χ4v) is 4.49. The van der Waals surface area contributed by atoms with Gasteiger partial charge >= 0.3 is 6.18 Å². The Hall–Kier alpha value is -0.860. The van der Waals surface area contributed by atoms with Crippen LogP contribution in [0.3, 0.4) is 0 Å². The van der Waals surface area contributed by atoms with Gasteiger partial charge in [-0.05, 0) is 38.5 Å². The number of halogens is 4. The van der Waals surface area contributed by atoms with Crippen molar-refractivity contribution in [3.63, 3.8) is 0 Å². The van der Waals surface area contributed by atoms with Crippen LogP contribution in [0.4, 0.5) is 18.3 Å². The number of aromatic nitrogens is 1. The van der Waals surface area contributed by atoms with E-state index in [1.807, 2.05) is 0 Å². The number of carbonyl (C=O) groups is 1. The maximum absolute atomic E-state index is 12.8. The minimum atomic E-state index is -4.21. The number of aryl methyl sites for hydroxylation is 1. The van der Waals surface area contributed by atoms with Gasteiger partial charge < -0.3 is 11.1 Å².